The van der Waals surface area contributed by atoms with E-state index in [0.29, 0.717) is 24.4 Å². The molecule has 2 N–H and O–H groups in total. The number of ether oxygens (including phenoxy) is 1. The minimum atomic E-state index is -0.321. The Morgan fingerprint density at radius 1 is 1.45 bits per heavy atom. The summed E-state index contributed by atoms with van der Waals surface area (Å²) in [6, 6.07) is 5.72. The fourth-order valence-electron chi connectivity index (χ4n) is 2.46. The van der Waals surface area contributed by atoms with Crippen LogP contribution in [0.15, 0.2) is 18.2 Å². The number of amides is 1. The molecule has 3 unspecified atom stereocenters. The summed E-state index contributed by atoms with van der Waals surface area (Å²) in [7, 11) is 0. The minimum Gasteiger partial charge on any atom is -0.489 e. The number of hydrogen-bond donors (Lipinski definition) is 2. The second-order valence-electron chi connectivity index (χ2n) is 5.58. The zero-order chi connectivity index (χ0) is 14.7. The van der Waals surface area contributed by atoms with Crippen LogP contribution in [-0.2, 0) is 0 Å². The van der Waals surface area contributed by atoms with Crippen LogP contribution in [0.4, 0.5) is 0 Å². The van der Waals surface area contributed by atoms with Gasteiger partial charge >= 0.3 is 0 Å². The quantitative estimate of drug-likeness (QED) is 0.813. The fraction of sp³-hybridized carbons (Fsp3) is 0.562. The molecule has 0 aliphatic carbocycles. The van der Waals surface area contributed by atoms with Gasteiger partial charge in [-0.05, 0) is 32.8 Å². The Labute approximate surface area is 120 Å². The molecular weight excluding hydrogens is 254 g/mol. The van der Waals surface area contributed by atoms with E-state index in [1.165, 1.54) is 0 Å². The van der Waals surface area contributed by atoms with E-state index in [2.05, 4.69) is 12.2 Å². The van der Waals surface area contributed by atoms with E-state index in [9.17, 15) is 9.90 Å². The number of carbonyl (C=O) groups is 1. The molecule has 4 nitrogen and oxygen atoms in total. The van der Waals surface area contributed by atoms with Gasteiger partial charge in [-0.15, -0.1) is 0 Å². The molecule has 0 radical (unpaired) electrons. The first kappa shape index (κ1) is 14.9. The molecule has 0 aromatic heterocycles. The third-order valence-electron chi connectivity index (χ3n) is 3.87. The molecular formula is C16H23NO3. The van der Waals surface area contributed by atoms with Gasteiger partial charge in [-0.3, -0.25) is 4.79 Å². The van der Waals surface area contributed by atoms with E-state index in [-0.39, 0.29) is 18.1 Å². The van der Waals surface area contributed by atoms with Gasteiger partial charge < -0.3 is 15.2 Å². The van der Waals surface area contributed by atoms with E-state index in [1.807, 2.05) is 19.1 Å². The molecule has 1 aliphatic rings. The van der Waals surface area contributed by atoms with Gasteiger partial charge in [-0.2, -0.15) is 0 Å². The number of nitrogens with one attached hydrogen (secondary N) is 1. The molecule has 1 heterocycles. The van der Waals surface area contributed by atoms with Crippen molar-refractivity contribution >= 4 is 5.91 Å². The van der Waals surface area contributed by atoms with Crippen LogP contribution < -0.4 is 10.1 Å². The lowest BCUT2D eigenvalue weighted by atomic mass is 9.97. The van der Waals surface area contributed by atoms with E-state index >= 15 is 0 Å². The van der Waals surface area contributed by atoms with Crippen LogP contribution in [0.1, 0.15) is 55.5 Å². The van der Waals surface area contributed by atoms with Crippen LogP contribution in [0.2, 0.25) is 0 Å². The Hall–Kier alpha value is -1.55. The van der Waals surface area contributed by atoms with Crippen molar-refractivity contribution in [2.75, 3.05) is 6.54 Å². The molecule has 0 bridgehead atoms. The van der Waals surface area contributed by atoms with Crippen LogP contribution in [0.3, 0.4) is 0 Å². The highest BCUT2D eigenvalue weighted by atomic mass is 16.5. The normalized spacial score (nSPS) is 22.0. The number of para-hydroxylation sites is 1. The van der Waals surface area contributed by atoms with Gasteiger partial charge in [-0.1, -0.05) is 19.1 Å². The predicted molar refractivity (Wildman–Crippen MR) is 78.2 cm³/mol. The molecule has 110 valence electrons. The second-order valence-corrected chi connectivity index (χ2v) is 5.58. The third kappa shape index (κ3) is 3.12. The average Bonchev–Trinajstić information content (AvgIpc) is 2.70. The van der Waals surface area contributed by atoms with E-state index < -0.39 is 0 Å². The number of benzene rings is 1. The highest BCUT2D eigenvalue weighted by molar-refractivity contribution is 5.97. The highest BCUT2D eigenvalue weighted by Crippen LogP contribution is 2.40. The van der Waals surface area contributed by atoms with Crippen LogP contribution in [0.25, 0.3) is 0 Å². The monoisotopic (exact) mass is 277 g/mol. The van der Waals surface area contributed by atoms with Crippen molar-refractivity contribution in [2.24, 2.45) is 0 Å². The smallest absolute Gasteiger partial charge is 0.255 e. The Balaban J connectivity index is 2.01. The van der Waals surface area contributed by atoms with Gasteiger partial charge in [0.05, 0.1) is 11.7 Å². The van der Waals surface area contributed by atoms with Crippen molar-refractivity contribution in [3.8, 4) is 5.75 Å². The summed E-state index contributed by atoms with van der Waals surface area (Å²) in [5, 5.41) is 12.1. The Kier molecular flexibility index (Phi) is 4.65. The molecule has 1 amide bonds. The molecule has 1 aliphatic heterocycles. The molecule has 2 rings (SSSR count). The number of carbonyl (C=O) groups excluding carboxylic acids is 1. The molecule has 0 fully saturated rings. The fourth-order valence-corrected chi connectivity index (χ4v) is 2.46. The summed E-state index contributed by atoms with van der Waals surface area (Å²) < 4.78 is 5.82. The molecule has 0 saturated heterocycles. The summed E-state index contributed by atoms with van der Waals surface area (Å²) in [5.74, 6) is 0.933. The SMILES string of the molecule is CC(O)CCCNC(=O)c1cccc2c1OC(C)C2C. The van der Waals surface area contributed by atoms with Gasteiger partial charge in [0, 0.05) is 18.0 Å². The van der Waals surface area contributed by atoms with Crippen molar-refractivity contribution in [1.82, 2.24) is 5.32 Å². The maximum absolute atomic E-state index is 12.2. The molecule has 0 saturated carbocycles. The van der Waals surface area contributed by atoms with Crippen LogP contribution >= 0.6 is 0 Å². The summed E-state index contributed by atoms with van der Waals surface area (Å²) in [5.41, 5.74) is 1.71. The maximum Gasteiger partial charge on any atom is 0.255 e. The van der Waals surface area contributed by atoms with E-state index in [1.54, 1.807) is 13.0 Å². The average molecular weight is 277 g/mol. The Morgan fingerprint density at radius 3 is 2.90 bits per heavy atom. The first-order valence-electron chi connectivity index (χ1n) is 7.26. The van der Waals surface area contributed by atoms with Crippen molar-refractivity contribution in [3.63, 3.8) is 0 Å². The number of rotatable bonds is 5. The Bertz CT molecular complexity index is 485. The van der Waals surface area contributed by atoms with Gasteiger partial charge in [0.1, 0.15) is 11.9 Å². The van der Waals surface area contributed by atoms with Crippen molar-refractivity contribution in [2.45, 2.75) is 51.7 Å². The van der Waals surface area contributed by atoms with Crippen LogP contribution in [-0.4, -0.2) is 29.8 Å². The van der Waals surface area contributed by atoms with Crippen molar-refractivity contribution in [3.05, 3.63) is 29.3 Å². The molecule has 3 atom stereocenters. The summed E-state index contributed by atoms with van der Waals surface area (Å²) in [6.45, 7) is 6.46. The molecule has 1 aromatic carbocycles. The standard InChI is InChI=1S/C16H23NO3/c1-10(18)6-5-9-17-16(19)14-8-4-7-13-11(2)12(3)20-15(13)14/h4,7-8,10-12,18H,5-6,9H2,1-3H3,(H,17,19). The molecule has 0 spiro atoms. The number of aliphatic hydroxyl groups excluding tert-OH is 1. The molecule has 20 heavy (non-hydrogen) atoms. The van der Waals surface area contributed by atoms with Crippen LogP contribution in [0, 0.1) is 0 Å². The van der Waals surface area contributed by atoms with E-state index in [4.69, 9.17) is 4.74 Å². The summed E-state index contributed by atoms with van der Waals surface area (Å²) in [4.78, 5) is 12.2. The number of aliphatic hydroxyl groups is 1. The lowest BCUT2D eigenvalue weighted by Gasteiger charge is -2.10. The lowest BCUT2D eigenvalue weighted by molar-refractivity contribution is 0.0944. The van der Waals surface area contributed by atoms with Crippen LogP contribution in [0.5, 0.6) is 5.75 Å². The van der Waals surface area contributed by atoms with Crippen molar-refractivity contribution < 1.29 is 14.6 Å². The van der Waals surface area contributed by atoms with Gasteiger partial charge in [0.2, 0.25) is 0 Å². The van der Waals surface area contributed by atoms with Crippen molar-refractivity contribution in [1.29, 1.82) is 0 Å². The topological polar surface area (TPSA) is 58.6 Å². The minimum absolute atomic E-state index is 0.103. The third-order valence-corrected chi connectivity index (χ3v) is 3.87. The van der Waals surface area contributed by atoms with E-state index in [0.717, 1.165) is 17.7 Å². The Morgan fingerprint density at radius 2 is 2.20 bits per heavy atom. The number of hydrogen-bond acceptors (Lipinski definition) is 3. The molecule has 1 aromatic rings. The predicted octanol–water partition coefficient (Wildman–Crippen LogP) is 2.46. The zero-order valence-electron chi connectivity index (χ0n) is 12.3. The first-order valence-corrected chi connectivity index (χ1v) is 7.26. The largest absolute Gasteiger partial charge is 0.489 e. The zero-order valence-corrected chi connectivity index (χ0v) is 12.3. The number of fused-ring (bicyclic) bond motifs is 1. The lowest BCUT2D eigenvalue weighted by Crippen LogP contribution is -2.25. The second kappa shape index (κ2) is 6.27. The first-order chi connectivity index (χ1) is 9.50. The maximum atomic E-state index is 12.2. The van der Waals surface area contributed by atoms with Gasteiger partial charge in [-0.25, -0.2) is 0 Å². The van der Waals surface area contributed by atoms with Gasteiger partial charge in [0.25, 0.3) is 5.91 Å². The highest BCUT2D eigenvalue weighted by Gasteiger charge is 2.30. The summed E-state index contributed by atoms with van der Waals surface area (Å²) in [6.07, 6.45) is 1.25. The van der Waals surface area contributed by atoms with Gasteiger partial charge in [0.15, 0.2) is 0 Å². The summed E-state index contributed by atoms with van der Waals surface area (Å²) >= 11 is 0. The molecule has 4 heteroatoms.